The van der Waals surface area contributed by atoms with Gasteiger partial charge in [0.25, 0.3) is 0 Å². The van der Waals surface area contributed by atoms with Crippen LogP contribution in [0.3, 0.4) is 0 Å². The van der Waals surface area contributed by atoms with Gasteiger partial charge in [-0.05, 0) is 34.9 Å². The third kappa shape index (κ3) is 4.80. The summed E-state index contributed by atoms with van der Waals surface area (Å²) < 4.78 is 9.09. The number of hydrogen-bond acceptors (Lipinski definition) is 6. The molecule has 0 saturated heterocycles. The molecule has 0 atom stereocenters. The lowest BCUT2D eigenvalue weighted by molar-refractivity contribution is 0.414. The van der Waals surface area contributed by atoms with Gasteiger partial charge in [0.05, 0.1) is 30.6 Å². The van der Waals surface area contributed by atoms with Gasteiger partial charge < -0.3 is 10.1 Å². The Kier molecular flexibility index (Phi) is 5.91. The Labute approximate surface area is 195 Å². The molecular weight excluding hydrogens is 438 g/mol. The van der Waals surface area contributed by atoms with E-state index in [0.29, 0.717) is 29.5 Å². The van der Waals surface area contributed by atoms with Crippen molar-refractivity contribution in [3.05, 3.63) is 95.2 Å². The molecule has 0 aliphatic carbocycles. The van der Waals surface area contributed by atoms with Gasteiger partial charge in [-0.1, -0.05) is 41.9 Å². The number of halogens is 1. The van der Waals surface area contributed by atoms with Crippen LogP contribution in [-0.4, -0.2) is 36.6 Å². The summed E-state index contributed by atoms with van der Waals surface area (Å²) in [6.45, 7) is 1.97. The molecule has 0 saturated carbocycles. The first-order valence-corrected chi connectivity index (χ1v) is 10.9. The minimum Gasteiger partial charge on any atom is -0.495 e. The van der Waals surface area contributed by atoms with E-state index in [2.05, 4.69) is 49.7 Å². The van der Waals surface area contributed by atoms with Crippen LogP contribution in [-0.2, 0) is 19.6 Å². The zero-order chi connectivity index (χ0) is 22.6. The van der Waals surface area contributed by atoms with Crippen LogP contribution in [0.25, 0.3) is 11.0 Å². The number of fused-ring (bicyclic) bond motifs is 1. The molecule has 0 amide bonds. The maximum Gasteiger partial charge on any atom is 0.186 e. The van der Waals surface area contributed by atoms with Gasteiger partial charge in [-0.2, -0.15) is 10.2 Å². The zero-order valence-electron chi connectivity index (χ0n) is 18.0. The molecule has 166 valence electrons. The van der Waals surface area contributed by atoms with E-state index < -0.39 is 0 Å². The molecule has 5 aromatic rings. The average Bonchev–Trinajstić information content (AvgIpc) is 3.49. The van der Waals surface area contributed by atoms with Crippen LogP contribution in [0, 0.1) is 0 Å². The molecular formula is C24H22ClN7O. The number of anilines is 1. The van der Waals surface area contributed by atoms with Crippen LogP contribution < -0.4 is 10.1 Å². The van der Waals surface area contributed by atoms with E-state index in [4.69, 9.17) is 16.3 Å². The molecule has 1 N–H and O–H groups in total. The van der Waals surface area contributed by atoms with Crippen molar-refractivity contribution in [1.29, 1.82) is 0 Å². The molecule has 3 aromatic heterocycles. The summed E-state index contributed by atoms with van der Waals surface area (Å²) in [5.41, 5.74) is 4.04. The van der Waals surface area contributed by atoms with Crippen LogP contribution in [0.5, 0.6) is 5.75 Å². The Balaban J connectivity index is 1.29. The van der Waals surface area contributed by atoms with Gasteiger partial charge in [-0.15, -0.1) is 0 Å². The lowest BCUT2D eigenvalue weighted by Crippen LogP contribution is -2.02. The summed E-state index contributed by atoms with van der Waals surface area (Å²) in [5.74, 6) is 1.38. The molecule has 9 heteroatoms. The predicted octanol–water partition coefficient (Wildman–Crippen LogP) is 4.39. The van der Waals surface area contributed by atoms with Crippen molar-refractivity contribution in [2.24, 2.45) is 0 Å². The fraction of sp³-hybridized carbons (Fsp3) is 0.167. The van der Waals surface area contributed by atoms with Crippen LogP contribution >= 0.6 is 11.6 Å². The van der Waals surface area contributed by atoms with Crippen LogP contribution in [0.15, 0.2) is 73.4 Å². The van der Waals surface area contributed by atoms with Gasteiger partial charge in [0.15, 0.2) is 5.65 Å². The highest BCUT2D eigenvalue weighted by Gasteiger charge is 2.10. The molecule has 5 rings (SSSR count). The van der Waals surface area contributed by atoms with E-state index >= 15 is 0 Å². The van der Waals surface area contributed by atoms with E-state index in [1.807, 2.05) is 46.0 Å². The van der Waals surface area contributed by atoms with Crippen molar-refractivity contribution in [3.63, 3.8) is 0 Å². The second-order valence-corrected chi connectivity index (χ2v) is 8.04. The number of rotatable bonds is 8. The summed E-state index contributed by atoms with van der Waals surface area (Å²) in [6.07, 6.45) is 7.24. The highest BCUT2D eigenvalue weighted by Crippen LogP contribution is 2.26. The van der Waals surface area contributed by atoms with Crippen LogP contribution in [0.4, 0.5) is 5.82 Å². The standard InChI is InChI=1S/C24H22ClN7O/c1-33-22-11-19(7-8-21(22)25)12-26-23-20-15-32(30-24(20)28-16-27-23)14-18-5-3-17(4-6-18)13-31-10-2-9-29-31/h2-11,15-16H,12-14H2,1H3,(H,26,27,28,30). The fourth-order valence-corrected chi connectivity index (χ4v) is 3.82. The highest BCUT2D eigenvalue weighted by molar-refractivity contribution is 6.32. The first-order chi connectivity index (χ1) is 16.2. The van der Waals surface area contributed by atoms with Crippen molar-refractivity contribution < 1.29 is 4.74 Å². The highest BCUT2D eigenvalue weighted by atomic mass is 35.5. The lowest BCUT2D eigenvalue weighted by atomic mass is 10.1. The number of aromatic nitrogens is 6. The van der Waals surface area contributed by atoms with Crippen LogP contribution in [0.1, 0.15) is 16.7 Å². The van der Waals surface area contributed by atoms with Gasteiger partial charge in [0, 0.05) is 25.1 Å². The summed E-state index contributed by atoms with van der Waals surface area (Å²) in [6, 6.07) is 16.1. The molecule has 0 aliphatic rings. The molecule has 33 heavy (non-hydrogen) atoms. The summed E-state index contributed by atoms with van der Waals surface area (Å²) in [5, 5.41) is 13.7. The number of hydrogen-bond donors (Lipinski definition) is 1. The van der Waals surface area contributed by atoms with E-state index in [1.54, 1.807) is 13.3 Å². The number of nitrogens with one attached hydrogen (secondary N) is 1. The molecule has 0 unspecified atom stereocenters. The Morgan fingerprint density at radius 1 is 0.970 bits per heavy atom. The molecule has 3 heterocycles. The maximum atomic E-state index is 6.12. The topological polar surface area (TPSA) is 82.7 Å². The Morgan fingerprint density at radius 3 is 2.45 bits per heavy atom. The van der Waals surface area contributed by atoms with Gasteiger partial charge in [0.1, 0.15) is 17.9 Å². The Morgan fingerprint density at radius 2 is 1.73 bits per heavy atom. The minimum absolute atomic E-state index is 0.572. The second kappa shape index (κ2) is 9.30. The fourth-order valence-electron chi connectivity index (χ4n) is 3.62. The molecule has 2 aromatic carbocycles. The molecule has 8 nitrogen and oxygen atoms in total. The Bertz CT molecular complexity index is 1360. The molecule has 0 fully saturated rings. The van der Waals surface area contributed by atoms with Crippen molar-refractivity contribution in [2.75, 3.05) is 12.4 Å². The zero-order valence-corrected chi connectivity index (χ0v) is 18.8. The SMILES string of the molecule is COc1cc(CNc2ncnc3nn(Cc4ccc(Cn5cccn5)cc4)cc23)ccc1Cl. The molecule has 0 bridgehead atoms. The number of methoxy groups -OCH3 is 1. The number of ether oxygens (including phenoxy) is 1. The van der Waals surface area contributed by atoms with Crippen LogP contribution in [0.2, 0.25) is 5.02 Å². The van der Waals surface area contributed by atoms with Gasteiger partial charge in [0.2, 0.25) is 0 Å². The maximum absolute atomic E-state index is 6.12. The van der Waals surface area contributed by atoms with E-state index in [9.17, 15) is 0 Å². The number of benzene rings is 2. The Hall–Kier alpha value is -3.91. The first-order valence-electron chi connectivity index (χ1n) is 10.5. The normalized spacial score (nSPS) is 11.1. The predicted molar refractivity (Wildman–Crippen MR) is 128 cm³/mol. The van der Waals surface area contributed by atoms with E-state index in [-0.39, 0.29) is 0 Å². The molecule has 0 radical (unpaired) electrons. The van der Waals surface area contributed by atoms with Gasteiger partial charge in [-0.25, -0.2) is 9.97 Å². The monoisotopic (exact) mass is 459 g/mol. The third-order valence-corrected chi connectivity index (χ3v) is 5.62. The van der Waals surface area contributed by atoms with Crippen molar-refractivity contribution >= 4 is 28.5 Å². The largest absolute Gasteiger partial charge is 0.495 e. The lowest BCUT2D eigenvalue weighted by Gasteiger charge is -2.08. The van der Waals surface area contributed by atoms with E-state index in [0.717, 1.165) is 28.9 Å². The summed E-state index contributed by atoms with van der Waals surface area (Å²) in [7, 11) is 1.60. The minimum atomic E-state index is 0.572. The third-order valence-electron chi connectivity index (χ3n) is 5.31. The number of nitrogens with zero attached hydrogens (tertiary/aromatic N) is 6. The van der Waals surface area contributed by atoms with Crippen molar-refractivity contribution in [2.45, 2.75) is 19.6 Å². The van der Waals surface area contributed by atoms with Crippen molar-refractivity contribution in [1.82, 2.24) is 29.5 Å². The summed E-state index contributed by atoms with van der Waals surface area (Å²) in [4.78, 5) is 8.73. The molecule has 0 spiro atoms. The van der Waals surface area contributed by atoms with Gasteiger partial charge in [-0.3, -0.25) is 9.36 Å². The average molecular weight is 460 g/mol. The van der Waals surface area contributed by atoms with Gasteiger partial charge >= 0.3 is 0 Å². The first kappa shape index (κ1) is 21.0. The second-order valence-electron chi connectivity index (χ2n) is 7.63. The van der Waals surface area contributed by atoms with E-state index in [1.165, 1.54) is 11.9 Å². The summed E-state index contributed by atoms with van der Waals surface area (Å²) >= 11 is 6.12. The quantitative estimate of drug-likeness (QED) is 0.370. The van der Waals surface area contributed by atoms with Crippen molar-refractivity contribution in [3.8, 4) is 5.75 Å². The molecule has 0 aliphatic heterocycles. The smallest absolute Gasteiger partial charge is 0.186 e.